The van der Waals surface area contributed by atoms with Crippen molar-refractivity contribution in [2.24, 2.45) is 5.92 Å². The number of carbonyl (C=O) groups excluding carboxylic acids is 1. The van der Waals surface area contributed by atoms with Crippen LogP contribution in [0.5, 0.6) is 11.5 Å². The number of halogens is 4. The van der Waals surface area contributed by atoms with Crippen LogP contribution in [-0.4, -0.2) is 48.4 Å². The third kappa shape index (κ3) is 8.96. The Kier molecular flexibility index (Phi) is 10.8. The van der Waals surface area contributed by atoms with E-state index in [-0.39, 0.29) is 51.3 Å². The molecule has 1 aliphatic carbocycles. The van der Waals surface area contributed by atoms with Crippen molar-refractivity contribution in [1.29, 1.82) is 0 Å². The monoisotopic (exact) mass is 762 g/mol. The highest BCUT2D eigenvalue weighted by Gasteiger charge is 2.27. The number of rotatable bonds is 15. The van der Waals surface area contributed by atoms with Crippen molar-refractivity contribution in [3.63, 3.8) is 0 Å². The zero-order valence-corrected chi connectivity index (χ0v) is 29.2. The second-order valence-corrected chi connectivity index (χ2v) is 14.6. The molecule has 0 aliphatic heterocycles. The number of sulfonamides is 1. The Bertz CT molecular complexity index is 2200. The molecule has 0 bridgehead atoms. The third-order valence-electron chi connectivity index (χ3n) is 8.02. The number of hydrogen-bond acceptors (Lipinski definition) is 10. The molecule has 51 heavy (non-hydrogen) atoms. The molecular formula is C34H30Cl2F2N4O8S. The van der Waals surface area contributed by atoms with E-state index >= 15 is 0 Å². The Labute approximate surface area is 300 Å². The fourth-order valence-corrected chi connectivity index (χ4v) is 6.71. The fraction of sp³-hybridized carbons (Fsp3) is 0.294. The van der Waals surface area contributed by atoms with E-state index in [1.54, 1.807) is 18.3 Å². The lowest BCUT2D eigenvalue weighted by Crippen LogP contribution is -2.29. The topological polar surface area (TPSA) is 143 Å². The summed E-state index contributed by atoms with van der Waals surface area (Å²) in [6.07, 6.45) is 7.67. The van der Waals surface area contributed by atoms with Crippen molar-refractivity contribution < 1.29 is 40.6 Å². The molecule has 2 aromatic carbocycles. The van der Waals surface area contributed by atoms with Gasteiger partial charge in [0.25, 0.3) is 0 Å². The number of ether oxygens (including phenoxy) is 3. The van der Waals surface area contributed by atoms with Gasteiger partial charge in [-0.2, -0.15) is 8.78 Å². The molecule has 1 aliphatic rings. The van der Waals surface area contributed by atoms with Gasteiger partial charge in [0.1, 0.15) is 12.6 Å². The van der Waals surface area contributed by atoms with Gasteiger partial charge in [0.05, 0.1) is 40.7 Å². The van der Waals surface area contributed by atoms with Gasteiger partial charge in [-0.05, 0) is 65.8 Å². The number of nitrogens with zero attached hydrogens (tertiary/aromatic N) is 4. The second kappa shape index (κ2) is 15.3. The first-order chi connectivity index (χ1) is 24.4. The van der Waals surface area contributed by atoms with Crippen LogP contribution in [0, 0.1) is 5.92 Å². The van der Waals surface area contributed by atoms with E-state index < -0.39 is 41.0 Å². The number of alkyl halides is 2. The molecule has 17 heteroatoms. The van der Waals surface area contributed by atoms with Gasteiger partial charge >= 0.3 is 18.3 Å². The number of pyridine rings is 2. The maximum Gasteiger partial charge on any atom is 0.420 e. The summed E-state index contributed by atoms with van der Waals surface area (Å²) < 4.78 is 75.8. The first-order valence-electron chi connectivity index (χ1n) is 15.5. The van der Waals surface area contributed by atoms with Crippen LogP contribution in [-0.2, 0) is 39.1 Å². The van der Waals surface area contributed by atoms with Gasteiger partial charge in [0, 0.05) is 37.3 Å². The molecule has 0 radical (unpaired) electrons. The molecule has 5 aromatic rings. The molecule has 6 rings (SSSR count). The van der Waals surface area contributed by atoms with E-state index in [9.17, 15) is 26.8 Å². The highest BCUT2D eigenvalue weighted by molar-refractivity contribution is 7.92. The number of benzene rings is 2. The number of aromatic nitrogens is 3. The summed E-state index contributed by atoms with van der Waals surface area (Å²) in [4.78, 5) is 34.5. The number of carbonyl (C=O) groups is 1. The van der Waals surface area contributed by atoms with Crippen LogP contribution in [0.3, 0.4) is 0 Å². The number of esters is 1. The van der Waals surface area contributed by atoms with Crippen LogP contribution >= 0.6 is 23.2 Å². The van der Waals surface area contributed by atoms with Gasteiger partial charge < -0.3 is 18.6 Å². The van der Waals surface area contributed by atoms with Crippen LogP contribution in [0.1, 0.15) is 35.6 Å². The molecule has 0 N–H and O–H groups in total. The highest BCUT2D eigenvalue weighted by Crippen LogP contribution is 2.38. The Morgan fingerprint density at radius 2 is 1.82 bits per heavy atom. The number of hydrogen-bond donors (Lipinski definition) is 0. The van der Waals surface area contributed by atoms with Gasteiger partial charge in [-0.1, -0.05) is 35.3 Å². The van der Waals surface area contributed by atoms with Crippen LogP contribution in [0.2, 0.25) is 10.0 Å². The number of fused-ring (bicyclic) bond motifs is 1. The van der Waals surface area contributed by atoms with E-state index in [1.807, 2.05) is 0 Å². The molecule has 12 nitrogen and oxygen atoms in total. The molecule has 1 unspecified atom stereocenters. The minimum atomic E-state index is -3.77. The maximum atomic E-state index is 13.5. The van der Waals surface area contributed by atoms with Crippen LogP contribution < -0.4 is 19.5 Å². The summed E-state index contributed by atoms with van der Waals surface area (Å²) in [5, 5.41) is 0.400. The normalized spacial score (nSPS) is 13.7. The molecule has 0 spiro atoms. The second-order valence-electron chi connectivity index (χ2n) is 11.8. The molecule has 268 valence electrons. The Balaban J connectivity index is 1.29. The average Bonchev–Trinajstić information content (AvgIpc) is 3.86. The molecule has 1 saturated carbocycles. The van der Waals surface area contributed by atoms with Gasteiger partial charge in [-0.3, -0.25) is 23.6 Å². The highest BCUT2D eigenvalue weighted by atomic mass is 35.5. The lowest BCUT2D eigenvalue weighted by molar-refractivity contribution is -0.150. The summed E-state index contributed by atoms with van der Waals surface area (Å²) in [6.45, 7) is -3.43. The van der Waals surface area contributed by atoms with Gasteiger partial charge in [0.15, 0.2) is 17.1 Å². The summed E-state index contributed by atoms with van der Waals surface area (Å²) >= 11 is 12.8. The zero-order chi connectivity index (χ0) is 36.3. The maximum absolute atomic E-state index is 13.5. The van der Waals surface area contributed by atoms with E-state index in [0.29, 0.717) is 29.2 Å². The van der Waals surface area contributed by atoms with E-state index in [1.165, 1.54) is 55.0 Å². The van der Waals surface area contributed by atoms with Gasteiger partial charge in [-0.15, -0.1) is 0 Å². The average molecular weight is 764 g/mol. The molecule has 3 aromatic heterocycles. The minimum Gasteiger partial charge on any atom is -0.489 e. The van der Waals surface area contributed by atoms with E-state index in [2.05, 4.69) is 14.7 Å². The Morgan fingerprint density at radius 3 is 2.49 bits per heavy atom. The quantitative estimate of drug-likeness (QED) is 0.107. The molecule has 0 amide bonds. The lowest BCUT2D eigenvalue weighted by Gasteiger charge is -2.22. The number of anilines is 1. The van der Waals surface area contributed by atoms with Crippen LogP contribution in [0.4, 0.5) is 14.5 Å². The minimum absolute atomic E-state index is 0.0229. The number of oxazole rings is 1. The summed E-state index contributed by atoms with van der Waals surface area (Å²) in [6, 6.07) is 11.9. The van der Waals surface area contributed by atoms with Crippen molar-refractivity contribution in [3.8, 4) is 11.5 Å². The summed E-state index contributed by atoms with van der Waals surface area (Å²) in [7, 11) is -3.77. The molecule has 3 heterocycles. The summed E-state index contributed by atoms with van der Waals surface area (Å²) in [5.41, 5.74) is 1.84. The molecule has 1 atom stereocenters. The van der Waals surface area contributed by atoms with Crippen molar-refractivity contribution in [2.75, 3.05) is 17.2 Å². The Morgan fingerprint density at radius 1 is 1.06 bits per heavy atom. The first kappa shape index (κ1) is 36.1. The first-order valence-corrected chi connectivity index (χ1v) is 18.1. The largest absolute Gasteiger partial charge is 0.489 e. The van der Waals surface area contributed by atoms with Crippen LogP contribution in [0.25, 0.3) is 11.1 Å². The molecule has 0 saturated heterocycles. The predicted octanol–water partition coefficient (Wildman–Crippen LogP) is 6.57. The van der Waals surface area contributed by atoms with Gasteiger partial charge in [-0.25, -0.2) is 13.2 Å². The van der Waals surface area contributed by atoms with Crippen molar-refractivity contribution in [3.05, 3.63) is 111 Å². The summed E-state index contributed by atoms with van der Waals surface area (Å²) in [5.74, 6) is -1.61. The van der Waals surface area contributed by atoms with Gasteiger partial charge in [0.2, 0.25) is 10.0 Å². The van der Waals surface area contributed by atoms with Crippen LogP contribution in [0.15, 0.2) is 82.5 Å². The van der Waals surface area contributed by atoms with E-state index in [0.717, 1.165) is 28.0 Å². The third-order valence-corrected chi connectivity index (χ3v) is 9.81. The predicted molar refractivity (Wildman–Crippen MR) is 184 cm³/mol. The van der Waals surface area contributed by atoms with E-state index in [4.69, 9.17) is 37.1 Å². The smallest absolute Gasteiger partial charge is 0.420 e. The van der Waals surface area contributed by atoms with Crippen molar-refractivity contribution in [1.82, 2.24) is 14.5 Å². The lowest BCUT2D eigenvalue weighted by atomic mass is 10.0. The zero-order valence-electron chi connectivity index (χ0n) is 26.9. The van der Waals surface area contributed by atoms with Crippen molar-refractivity contribution in [2.45, 2.75) is 45.1 Å². The molecule has 1 fully saturated rings. The molecular weight excluding hydrogens is 733 g/mol. The standard InChI is InChI=1S/C34H30Cl2F2N4O8S/c1-51(45,46)42(17-21-3-2-10-39-14-21)23-7-8-27-30(12-23)50-34(44)41(27)18-32(43)48-29(13-24-25(35)15-40-16-26(24)36)22-6-9-28(49-33(37)38)31(11-22)47-19-20-4-5-20/h2-3,6-12,14-16,20,29,33H,4-5,13,17-19H2,1H3. The fourth-order valence-electron chi connectivity index (χ4n) is 5.31. The van der Waals surface area contributed by atoms with Crippen molar-refractivity contribution >= 4 is 56.0 Å². The SMILES string of the molecule is CS(=O)(=O)N(Cc1cccnc1)c1ccc2c(c1)oc(=O)n2CC(=O)OC(Cc1c(Cl)cncc1Cl)c1ccc(OC(F)F)c(OCC2CC2)c1. The Hall–Kier alpha value is -4.73.